The van der Waals surface area contributed by atoms with Gasteiger partial charge in [0, 0.05) is 11.6 Å². The standard InChI is InChI=1S/C11H23NO/c1-9(2)10-6-5-7-12(10)11(3,4)8-13/h9-10,13H,5-8H2,1-4H3. The van der Waals surface area contributed by atoms with Crippen LogP contribution in [-0.4, -0.2) is 34.7 Å². The fraction of sp³-hybridized carbons (Fsp3) is 1.00. The van der Waals surface area contributed by atoms with Crippen molar-refractivity contribution in [2.75, 3.05) is 13.2 Å². The molecule has 0 radical (unpaired) electrons. The van der Waals surface area contributed by atoms with Gasteiger partial charge in [-0.15, -0.1) is 0 Å². The van der Waals surface area contributed by atoms with E-state index < -0.39 is 0 Å². The third-order valence-corrected chi connectivity index (χ3v) is 3.23. The molecule has 0 saturated carbocycles. The van der Waals surface area contributed by atoms with E-state index in [1.54, 1.807) is 0 Å². The molecule has 0 amide bonds. The molecule has 1 atom stereocenters. The number of hydrogen-bond acceptors (Lipinski definition) is 2. The van der Waals surface area contributed by atoms with Crippen molar-refractivity contribution in [1.29, 1.82) is 0 Å². The van der Waals surface area contributed by atoms with Crippen LogP contribution >= 0.6 is 0 Å². The maximum absolute atomic E-state index is 9.31. The van der Waals surface area contributed by atoms with Gasteiger partial charge >= 0.3 is 0 Å². The lowest BCUT2D eigenvalue weighted by Crippen LogP contribution is -2.50. The van der Waals surface area contributed by atoms with Gasteiger partial charge in [-0.3, -0.25) is 4.90 Å². The van der Waals surface area contributed by atoms with Crippen LogP contribution in [-0.2, 0) is 0 Å². The molecule has 1 N–H and O–H groups in total. The number of rotatable bonds is 3. The maximum atomic E-state index is 9.31. The van der Waals surface area contributed by atoms with Gasteiger partial charge in [-0.25, -0.2) is 0 Å². The van der Waals surface area contributed by atoms with E-state index >= 15 is 0 Å². The van der Waals surface area contributed by atoms with E-state index in [1.807, 2.05) is 0 Å². The van der Waals surface area contributed by atoms with Gasteiger partial charge in [0.25, 0.3) is 0 Å². The van der Waals surface area contributed by atoms with Crippen molar-refractivity contribution in [2.24, 2.45) is 5.92 Å². The zero-order valence-electron chi connectivity index (χ0n) is 9.38. The molecule has 1 fully saturated rings. The second kappa shape index (κ2) is 3.97. The summed E-state index contributed by atoms with van der Waals surface area (Å²) in [5.74, 6) is 0.702. The normalized spacial score (nSPS) is 25.8. The molecule has 13 heavy (non-hydrogen) atoms. The minimum Gasteiger partial charge on any atom is -0.394 e. The van der Waals surface area contributed by atoms with Crippen molar-refractivity contribution in [2.45, 2.75) is 52.1 Å². The topological polar surface area (TPSA) is 23.5 Å². The molecule has 0 bridgehead atoms. The number of hydrogen-bond donors (Lipinski definition) is 1. The highest BCUT2D eigenvalue weighted by Gasteiger charge is 2.36. The predicted octanol–water partition coefficient (Wildman–Crippen LogP) is 1.88. The largest absolute Gasteiger partial charge is 0.394 e. The van der Waals surface area contributed by atoms with E-state index in [2.05, 4.69) is 32.6 Å². The lowest BCUT2D eigenvalue weighted by Gasteiger charge is -2.40. The summed E-state index contributed by atoms with van der Waals surface area (Å²) in [5, 5.41) is 9.31. The van der Waals surface area contributed by atoms with Crippen molar-refractivity contribution >= 4 is 0 Å². The molecule has 1 unspecified atom stereocenters. The van der Waals surface area contributed by atoms with Gasteiger partial charge in [-0.2, -0.15) is 0 Å². The maximum Gasteiger partial charge on any atom is 0.0610 e. The summed E-state index contributed by atoms with van der Waals surface area (Å²) in [5.41, 5.74) is -0.0363. The van der Waals surface area contributed by atoms with E-state index in [4.69, 9.17) is 0 Å². The average molecular weight is 185 g/mol. The fourth-order valence-electron chi connectivity index (χ4n) is 2.33. The van der Waals surface area contributed by atoms with Crippen LogP contribution in [0.3, 0.4) is 0 Å². The second-order valence-corrected chi connectivity index (χ2v) is 5.12. The van der Waals surface area contributed by atoms with Crippen molar-refractivity contribution < 1.29 is 5.11 Å². The van der Waals surface area contributed by atoms with Crippen LogP contribution < -0.4 is 0 Å². The first kappa shape index (κ1) is 11.0. The van der Waals surface area contributed by atoms with Gasteiger partial charge < -0.3 is 5.11 Å². The molecule has 2 heteroatoms. The first-order valence-corrected chi connectivity index (χ1v) is 5.36. The third kappa shape index (κ3) is 2.23. The highest BCUT2D eigenvalue weighted by atomic mass is 16.3. The van der Waals surface area contributed by atoms with Crippen LogP contribution in [0.1, 0.15) is 40.5 Å². The second-order valence-electron chi connectivity index (χ2n) is 5.12. The Kier molecular flexibility index (Phi) is 3.36. The minimum absolute atomic E-state index is 0.0363. The smallest absolute Gasteiger partial charge is 0.0610 e. The van der Waals surface area contributed by atoms with Gasteiger partial charge in [0.15, 0.2) is 0 Å². The van der Waals surface area contributed by atoms with E-state index in [9.17, 15) is 5.11 Å². The summed E-state index contributed by atoms with van der Waals surface area (Å²) < 4.78 is 0. The Balaban J connectivity index is 2.68. The molecule has 2 nitrogen and oxygen atoms in total. The van der Waals surface area contributed by atoms with Gasteiger partial charge in [0.1, 0.15) is 0 Å². The highest BCUT2D eigenvalue weighted by molar-refractivity contribution is 4.91. The van der Waals surface area contributed by atoms with Crippen molar-refractivity contribution in [3.05, 3.63) is 0 Å². The van der Waals surface area contributed by atoms with Crippen LogP contribution in [0.2, 0.25) is 0 Å². The monoisotopic (exact) mass is 185 g/mol. The van der Waals surface area contributed by atoms with Crippen molar-refractivity contribution in [3.63, 3.8) is 0 Å². The molecule has 1 heterocycles. The quantitative estimate of drug-likeness (QED) is 0.725. The van der Waals surface area contributed by atoms with Crippen LogP contribution in [0.15, 0.2) is 0 Å². The van der Waals surface area contributed by atoms with Gasteiger partial charge in [-0.05, 0) is 39.2 Å². The number of likely N-dealkylation sites (tertiary alicyclic amines) is 1. The van der Waals surface area contributed by atoms with Crippen LogP contribution in [0.25, 0.3) is 0 Å². The summed E-state index contributed by atoms with van der Waals surface area (Å²) >= 11 is 0. The zero-order chi connectivity index (χ0) is 10.1. The molecule has 0 aromatic heterocycles. The van der Waals surface area contributed by atoms with Gasteiger partial charge in [-0.1, -0.05) is 13.8 Å². The molecular weight excluding hydrogens is 162 g/mol. The van der Waals surface area contributed by atoms with Crippen LogP contribution in [0, 0.1) is 5.92 Å². The Morgan fingerprint density at radius 2 is 2.08 bits per heavy atom. The highest BCUT2D eigenvalue weighted by Crippen LogP contribution is 2.30. The molecular formula is C11H23NO. The van der Waals surface area contributed by atoms with Gasteiger partial charge in [0.2, 0.25) is 0 Å². The van der Waals surface area contributed by atoms with Crippen molar-refractivity contribution in [1.82, 2.24) is 4.90 Å². The Morgan fingerprint density at radius 3 is 2.54 bits per heavy atom. The lowest BCUT2D eigenvalue weighted by molar-refractivity contribution is 0.0328. The molecule has 1 saturated heterocycles. The lowest BCUT2D eigenvalue weighted by atomic mass is 9.96. The first-order valence-electron chi connectivity index (χ1n) is 5.36. The van der Waals surface area contributed by atoms with Gasteiger partial charge in [0.05, 0.1) is 6.61 Å². The molecule has 0 spiro atoms. The number of aliphatic hydroxyl groups is 1. The molecule has 78 valence electrons. The minimum atomic E-state index is -0.0363. The molecule has 0 aromatic carbocycles. The summed E-state index contributed by atoms with van der Waals surface area (Å²) in [6.07, 6.45) is 2.58. The average Bonchev–Trinajstić information content (AvgIpc) is 2.52. The van der Waals surface area contributed by atoms with E-state index in [0.29, 0.717) is 12.0 Å². The summed E-state index contributed by atoms with van der Waals surface area (Å²) in [7, 11) is 0. The SMILES string of the molecule is CC(C)C1CCCN1C(C)(C)CO. The molecule has 0 aromatic rings. The number of aliphatic hydroxyl groups excluding tert-OH is 1. The third-order valence-electron chi connectivity index (χ3n) is 3.23. The molecule has 1 aliphatic rings. The zero-order valence-corrected chi connectivity index (χ0v) is 9.38. The number of nitrogens with zero attached hydrogens (tertiary/aromatic N) is 1. The Hall–Kier alpha value is -0.0800. The fourth-order valence-corrected chi connectivity index (χ4v) is 2.33. The predicted molar refractivity (Wildman–Crippen MR) is 55.7 cm³/mol. The molecule has 1 rings (SSSR count). The van der Waals surface area contributed by atoms with E-state index in [-0.39, 0.29) is 12.1 Å². The first-order chi connectivity index (χ1) is 5.99. The summed E-state index contributed by atoms with van der Waals surface area (Å²) in [6.45, 7) is 10.2. The van der Waals surface area contributed by atoms with E-state index in [0.717, 1.165) is 6.54 Å². The van der Waals surface area contributed by atoms with Crippen molar-refractivity contribution in [3.8, 4) is 0 Å². The Labute approximate surface area is 81.9 Å². The Bertz CT molecular complexity index is 165. The van der Waals surface area contributed by atoms with Crippen LogP contribution in [0.4, 0.5) is 0 Å². The summed E-state index contributed by atoms with van der Waals surface area (Å²) in [4.78, 5) is 2.47. The summed E-state index contributed by atoms with van der Waals surface area (Å²) in [6, 6.07) is 0.669. The molecule has 0 aliphatic carbocycles. The Morgan fingerprint density at radius 1 is 1.46 bits per heavy atom. The molecule has 1 aliphatic heterocycles. The van der Waals surface area contributed by atoms with Crippen LogP contribution in [0.5, 0.6) is 0 Å². The van der Waals surface area contributed by atoms with E-state index in [1.165, 1.54) is 12.8 Å².